The van der Waals surface area contributed by atoms with E-state index in [2.05, 4.69) is 19.2 Å². The molecule has 0 aromatic heterocycles. The maximum absolute atomic E-state index is 12.3. The maximum atomic E-state index is 12.3. The Balaban J connectivity index is 2.65. The van der Waals surface area contributed by atoms with Crippen LogP contribution in [0.15, 0.2) is 29.2 Å². The van der Waals surface area contributed by atoms with Gasteiger partial charge >= 0.3 is 5.51 Å². The van der Waals surface area contributed by atoms with E-state index >= 15 is 0 Å². The fourth-order valence-electron chi connectivity index (χ4n) is 2.13. The van der Waals surface area contributed by atoms with E-state index < -0.39 is 5.51 Å². The second-order valence-corrected chi connectivity index (χ2v) is 6.13. The first-order valence-electron chi connectivity index (χ1n) is 7.18. The van der Waals surface area contributed by atoms with Crippen LogP contribution in [0, 0.1) is 5.92 Å². The van der Waals surface area contributed by atoms with Crippen molar-refractivity contribution in [1.82, 2.24) is 5.32 Å². The van der Waals surface area contributed by atoms with E-state index in [0.717, 1.165) is 24.9 Å². The van der Waals surface area contributed by atoms with Crippen molar-refractivity contribution in [2.45, 2.75) is 43.1 Å². The van der Waals surface area contributed by atoms with Crippen LogP contribution < -0.4 is 11.1 Å². The first-order chi connectivity index (χ1) is 9.89. The zero-order chi connectivity index (χ0) is 15.9. The van der Waals surface area contributed by atoms with Crippen LogP contribution in [0.4, 0.5) is 13.2 Å². The molecule has 1 aromatic rings. The highest BCUT2D eigenvalue weighted by atomic mass is 32.2. The molecule has 0 radical (unpaired) electrons. The van der Waals surface area contributed by atoms with Crippen molar-refractivity contribution < 1.29 is 13.2 Å². The maximum Gasteiger partial charge on any atom is 0.446 e. The Morgan fingerprint density at radius 3 is 2.14 bits per heavy atom. The highest BCUT2D eigenvalue weighted by Crippen LogP contribution is 2.36. The summed E-state index contributed by atoms with van der Waals surface area (Å²) in [4.78, 5) is 0.196. The molecule has 6 heteroatoms. The van der Waals surface area contributed by atoms with Gasteiger partial charge in [0.2, 0.25) is 0 Å². The van der Waals surface area contributed by atoms with Gasteiger partial charge in [-0.15, -0.1) is 0 Å². The lowest BCUT2D eigenvalue weighted by atomic mass is 10.0. The molecule has 1 aromatic carbocycles. The van der Waals surface area contributed by atoms with E-state index in [9.17, 15) is 13.2 Å². The number of hydrogen-bond donors (Lipinski definition) is 2. The predicted molar refractivity (Wildman–Crippen MR) is 82.2 cm³/mol. The Morgan fingerprint density at radius 1 is 1.14 bits per heavy atom. The molecular weight excluding hydrogens is 297 g/mol. The van der Waals surface area contributed by atoms with Gasteiger partial charge in [0.15, 0.2) is 0 Å². The first kappa shape index (κ1) is 18.3. The smallest absolute Gasteiger partial charge is 0.329 e. The average Bonchev–Trinajstić information content (AvgIpc) is 2.43. The average molecular weight is 320 g/mol. The summed E-state index contributed by atoms with van der Waals surface area (Å²) in [5, 5.41) is 3.40. The molecule has 0 saturated heterocycles. The molecule has 120 valence electrons. The molecule has 0 amide bonds. The number of nitrogens with one attached hydrogen (secondary N) is 1. The Morgan fingerprint density at radius 2 is 1.71 bits per heavy atom. The lowest BCUT2D eigenvalue weighted by Crippen LogP contribution is -2.32. The molecule has 0 saturated carbocycles. The Bertz CT molecular complexity index is 402. The van der Waals surface area contributed by atoms with Gasteiger partial charge < -0.3 is 11.1 Å². The molecule has 1 rings (SSSR count). The zero-order valence-electron chi connectivity index (χ0n) is 12.4. The van der Waals surface area contributed by atoms with E-state index in [1.807, 2.05) is 0 Å². The fourth-order valence-corrected chi connectivity index (χ4v) is 2.66. The van der Waals surface area contributed by atoms with Gasteiger partial charge in [-0.2, -0.15) is 13.2 Å². The van der Waals surface area contributed by atoms with E-state index in [0.29, 0.717) is 12.5 Å². The summed E-state index contributed by atoms with van der Waals surface area (Å²) < 4.78 is 36.9. The number of benzene rings is 1. The Kier molecular flexibility index (Phi) is 7.56. The number of hydrogen-bond acceptors (Lipinski definition) is 3. The summed E-state index contributed by atoms with van der Waals surface area (Å²) in [6.07, 6.45) is 2.20. The van der Waals surface area contributed by atoms with E-state index in [1.165, 1.54) is 12.1 Å². The van der Waals surface area contributed by atoms with Crippen molar-refractivity contribution in [2.75, 3.05) is 13.1 Å². The standard InChI is InChI=1S/C15H23F3N2S/c1-3-11(4-2)10-20-14(9-19)12-5-7-13(8-6-12)21-15(16,17)18/h5-8,11,14,20H,3-4,9-10,19H2,1-2H3. The van der Waals surface area contributed by atoms with Crippen molar-refractivity contribution in [3.8, 4) is 0 Å². The highest BCUT2D eigenvalue weighted by molar-refractivity contribution is 8.00. The molecule has 0 bridgehead atoms. The van der Waals surface area contributed by atoms with E-state index in [4.69, 9.17) is 5.73 Å². The number of alkyl halides is 3. The minimum Gasteiger partial charge on any atom is -0.329 e. The molecule has 0 aliphatic carbocycles. The zero-order valence-corrected chi connectivity index (χ0v) is 13.2. The molecule has 0 aliphatic heterocycles. The quantitative estimate of drug-likeness (QED) is 0.700. The summed E-state index contributed by atoms with van der Waals surface area (Å²) >= 11 is -0.0974. The molecule has 0 fully saturated rings. The van der Waals surface area contributed by atoms with Crippen molar-refractivity contribution >= 4 is 11.8 Å². The van der Waals surface area contributed by atoms with Gasteiger partial charge in [-0.05, 0) is 41.9 Å². The predicted octanol–water partition coefficient (Wildman–Crippen LogP) is 4.32. The second kappa shape index (κ2) is 8.66. The van der Waals surface area contributed by atoms with Crippen LogP contribution in [0.5, 0.6) is 0 Å². The molecule has 1 unspecified atom stereocenters. The lowest BCUT2D eigenvalue weighted by molar-refractivity contribution is -0.0328. The summed E-state index contributed by atoms with van der Waals surface area (Å²) in [6.45, 7) is 5.59. The first-order valence-corrected chi connectivity index (χ1v) is 8.00. The molecule has 3 N–H and O–H groups in total. The molecule has 0 heterocycles. The van der Waals surface area contributed by atoms with Gasteiger partial charge in [0.25, 0.3) is 0 Å². The van der Waals surface area contributed by atoms with Crippen LogP contribution in [0.2, 0.25) is 0 Å². The van der Waals surface area contributed by atoms with E-state index in [1.54, 1.807) is 12.1 Å². The summed E-state index contributed by atoms with van der Waals surface area (Å²) in [7, 11) is 0. The van der Waals surface area contributed by atoms with E-state index in [-0.39, 0.29) is 22.7 Å². The van der Waals surface area contributed by atoms with Crippen molar-refractivity contribution in [3.63, 3.8) is 0 Å². The topological polar surface area (TPSA) is 38.0 Å². The Hall–Kier alpha value is -0.720. The summed E-state index contributed by atoms with van der Waals surface area (Å²) in [6, 6.07) is 6.40. The minimum atomic E-state index is -4.25. The van der Waals surface area contributed by atoms with Gasteiger partial charge in [-0.3, -0.25) is 0 Å². The number of halogens is 3. The van der Waals surface area contributed by atoms with Gasteiger partial charge in [-0.1, -0.05) is 38.8 Å². The van der Waals surface area contributed by atoms with Crippen molar-refractivity contribution in [2.24, 2.45) is 11.7 Å². The molecule has 0 aliphatic rings. The van der Waals surface area contributed by atoms with Crippen molar-refractivity contribution in [1.29, 1.82) is 0 Å². The van der Waals surface area contributed by atoms with Crippen LogP contribution >= 0.6 is 11.8 Å². The molecule has 1 atom stereocenters. The largest absolute Gasteiger partial charge is 0.446 e. The molecule has 21 heavy (non-hydrogen) atoms. The number of thioether (sulfide) groups is 1. The van der Waals surface area contributed by atoms with Gasteiger partial charge in [0, 0.05) is 17.5 Å². The van der Waals surface area contributed by atoms with Crippen LogP contribution in [-0.4, -0.2) is 18.6 Å². The summed E-state index contributed by atoms with van der Waals surface area (Å²) in [5.41, 5.74) is 2.44. The van der Waals surface area contributed by atoms with Crippen LogP contribution in [0.25, 0.3) is 0 Å². The third-order valence-electron chi connectivity index (χ3n) is 3.56. The fraction of sp³-hybridized carbons (Fsp3) is 0.600. The Labute approximate surface area is 128 Å². The minimum absolute atomic E-state index is 0.0180. The van der Waals surface area contributed by atoms with Crippen LogP contribution in [0.3, 0.4) is 0 Å². The SMILES string of the molecule is CCC(CC)CNC(CN)c1ccc(SC(F)(F)F)cc1. The van der Waals surface area contributed by atoms with Crippen LogP contribution in [0.1, 0.15) is 38.3 Å². The highest BCUT2D eigenvalue weighted by Gasteiger charge is 2.29. The molecular formula is C15H23F3N2S. The van der Waals surface area contributed by atoms with Gasteiger partial charge in [-0.25, -0.2) is 0 Å². The van der Waals surface area contributed by atoms with Crippen LogP contribution in [-0.2, 0) is 0 Å². The third-order valence-corrected chi connectivity index (χ3v) is 4.30. The van der Waals surface area contributed by atoms with Gasteiger partial charge in [0.05, 0.1) is 0 Å². The monoisotopic (exact) mass is 320 g/mol. The number of rotatable bonds is 8. The normalized spacial score (nSPS) is 13.7. The molecule has 2 nitrogen and oxygen atoms in total. The number of nitrogens with two attached hydrogens (primary N) is 1. The summed E-state index contributed by atoms with van der Waals surface area (Å²) in [5.74, 6) is 0.596. The lowest BCUT2D eigenvalue weighted by Gasteiger charge is -2.21. The second-order valence-electron chi connectivity index (χ2n) is 5.00. The third kappa shape index (κ3) is 6.72. The van der Waals surface area contributed by atoms with Gasteiger partial charge in [0.1, 0.15) is 0 Å². The van der Waals surface area contributed by atoms with Crippen molar-refractivity contribution in [3.05, 3.63) is 29.8 Å². The molecule has 0 spiro atoms.